The fraction of sp³-hybridized carbons (Fsp3) is 0.615. The minimum absolute atomic E-state index is 0.642. The van der Waals surface area contributed by atoms with Gasteiger partial charge in [-0.15, -0.1) is 0 Å². The van der Waals surface area contributed by atoms with Gasteiger partial charge in [0.2, 0.25) is 0 Å². The molecular weight excluding hydrogens is 328 g/mol. The van der Waals surface area contributed by atoms with Gasteiger partial charge in [0, 0.05) is 56.0 Å². The Morgan fingerprint density at radius 3 is 2.84 bits per heavy atom. The van der Waals surface area contributed by atoms with Gasteiger partial charge in [-0.25, -0.2) is 4.98 Å². The van der Waals surface area contributed by atoms with Crippen molar-refractivity contribution in [1.29, 1.82) is 0 Å². The molecule has 2 aliphatic rings. The highest BCUT2D eigenvalue weighted by atomic mass is 79.9. The van der Waals surface area contributed by atoms with Gasteiger partial charge in [0.15, 0.2) is 0 Å². The predicted octanol–water partition coefficient (Wildman–Crippen LogP) is 1.98. The molecule has 4 nitrogen and oxygen atoms in total. The van der Waals surface area contributed by atoms with Crippen molar-refractivity contribution in [2.45, 2.75) is 12.5 Å². The molecule has 1 unspecified atom stereocenters. The molecule has 0 amide bonds. The SMILES string of the molecule is Clc1cc(Br)cnc1N1CCC(N2CCNCC2)C1. The lowest BCUT2D eigenvalue weighted by Crippen LogP contribution is -2.49. The molecule has 0 saturated carbocycles. The van der Waals surface area contributed by atoms with Gasteiger partial charge in [-0.05, 0) is 28.4 Å². The fourth-order valence-electron chi connectivity index (χ4n) is 2.92. The third-order valence-electron chi connectivity index (χ3n) is 3.92. The smallest absolute Gasteiger partial charge is 0.147 e. The number of anilines is 1. The summed E-state index contributed by atoms with van der Waals surface area (Å²) in [5, 5.41) is 4.13. The summed E-state index contributed by atoms with van der Waals surface area (Å²) >= 11 is 9.68. The number of nitrogens with one attached hydrogen (secondary N) is 1. The molecular formula is C13H18BrClN4. The average Bonchev–Trinajstić information content (AvgIpc) is 2.89. The number of piperazine rings is 1. The van der Waals surface area contributed by atoms with E-state index in [0.717, 1.165) is 54.6 Å². The van der Waals surface area contributed by atoms with Gasteiger partial charge >= 0.3 is 0 Å². The van der Waals surface area contributed by atoms with Crippen LogP contribution >= 0.6 is 27.5 Å². The van der Waals surface area contributed by atoms with Crippen LogP contribution in [0.1, 0.15) is 6.42 Å². The Hall–Kier alpha value is -0.360. The molecule has 0 aromatic carbocycles. The standard InChI is InChI=1S/C13H18BrClN4/c14-10-7-12(15)13(17-8-10)19-4-1-11(9-19)18-5-2-16-3-6-18/h7-8,11,16H,1-6,9H2. The Morgan fingerprint density at radius 1 is 1.32 bits per heavy atom. The highest BCUT2D eigenvalue weighted by Crippen LogP contribution is 2.29. The van der Waals surface area contributed by atoms with E-state index in [1.807, 2.05) is 12.3 Å². The van der Waals surface area contributed by atoms with Crippen molar-refractivity contribution in [3.8, 4) is 0 Å². The predicted molar refractivity (Wildman–Crippen MR) is 82.0 cm³/mol. The summed E-state index contributed by atoms with van der Waals surface area (Å²) in [6.07, 6.45) is 3.02. The second-order valence-corrected chi connectivity index (χ2v) is 6.46. The molecule has 3 heterocycles. The molecule has 1 aromatic heterocycles. The quantitative estimate of drug-likeness (QED) is 0.888. The first-order valence-corrected chi connectivity index (χ1v) is 7.92. The monoisotopic (exact) mass is 344 g/mol. The van der Waals surface area contributed by atoms with Gasteiger partial charge in [-0.3, -0.25) is 4.90 Å². The normalized spacial score (nSPS) is 24.9. The zero-order valence-corrected chi connectivity index (χ0v) is 13.1. The lowest BCUT2D eigenvalue weighted by Gasteiger charge is -2.32. The van der Waals surface area contributed by atoms with E-state index in [0.29, 0.717) is 6.04 Å². The van der Waals surface area contributed by atoms with Crippen molar-refractivity contribution in [1.82, 2.24) is 15.2 Å². The molecule has 0 bridgehead atoms. The Morgan fingerprint density at radius 2 is 2.11 bits per heavy atom. The lowest BCUT2D eigenvalue weighted by atomic mass is 10.2. The number of nitrogens with zero attached hydrogens (tertiary/aromatic N) is 3. The molecule has 6 heteroatoms. The fourth-order valence-corrected chi connectivity index (χ4v) is 3.67. The van der Waals surface area contributed by atoms with Gasteiger partial charge < -0.3 is 10.2 Å². The second kappa shape index (κ2) is 5.95. The van der Waals surface area contributed by atoms with Crippen LogP contribution in [0.4, 0.5) is 5.82 Å². The molecule has 0 spiro atoms. The molecule has 1 N–H and O–H groups in total. The van der Waals surface area contributed by atoms with E-state index in [2.05, 4.69) is 36.0 Å². The third-order valence-corrected chi connectivity index (χ3v) is 4.63. The molecule has 2 fully saturated rings. The lowest BCUT2D eigenvalue weighted by molar-refractivity contribution is 0.185. The van der Waals surface area contributed by atoms with Gasteiger partial charge in [0.25, 0.3) is 0 Å². The van der Waals surface area contributed by atoms with Crippen LogP contribution in [0.2, 0.25) is 5.02 Å². The third kappa shape index (κ3) is 3.05. The number of hydrogen-bond donors (Lipinski definition) is 1. The second-order valence-electron chi connectivity index (χ2n) is 5.13. The molecule has 19 heavy (non-hydrogen) atoms. The molecule has 2 saturated heterocycles. The van der Waals surface area contributed by atoms with Crippen LogP contribution in [-0.4, -0.2) is 55.2 Å². The first kappa shape index (κ1) is 13.6. The number of aromatic nitrogens is 1. The topological polar surface area (TPSA) is 31.4 Å². The van der Waals surface area contributed by atoms with Crippen LogP contribution in [-0.2, 0) is 0 Å². The van der Waals surface area contributed by atoms with Crippen LogP contribution in [0.25, 0.3) is 0 Å². The van der Waals surface area contributed by atoms with E-state index < -0.39 is 0 Å². The summed E-state index contributed by atoms with van der Waals surface area (Å²) in [5.41, 5.74) is 0. The minimum Gasteiger partial charge on any atom is -0.354 e. The average molecular weight is 346 g/mol. The van der Waals surface area contributed by atoms with E-state index in [1.54, 1.807) is 0 Å². The zero-order valence-electron chi connectivity index (χ0n) is 10.8. The summed E-state index contributed by atoms with van der Waals surface area (Å²) < 4.78 is 0.930. The maximum atomic E-state index is 6.29. The Labute approximate surface area is 127 Å². The van der Waals surface area contributed by atoms with Gasteiger partial charge in [0.1, 0.15) is 5.82 Å². The largest absolute Gasteiger partial charge is 0.354 e. The number of halogens is 2. The van der Waals surface area contributed by atoms with Crippen molar-refractivity contribution < 1.29 is 0 Å². The summed E-state index contributed by atoms with van der Waals surface area (Å²) in [6, 6.07) is 2.56. The summed E-state index contributed by atoms with van der Waals surface area (Å²) in [6.45, 7) is 6.60. The first-order valence-electron chi connectivity index (χ1n) is 6.75. The Balaban J connectivity index is 1.67. The molecule has 104 valence electrons. The Kier molecular flexibility index (Phi) is 4.27. The van der Waals surface area contributed by atoms with Crippen LogP contribution < -0.4 is 10.2 Å². The van der Waals surface area contributed by atoms with Crippen LogP contribution in [0.15, 0.2) is 16.7 Å². The minimum atomic E-state index is 0.642. The van der Waals surface area contributed by atoms with Crippen molar-refractivity contribution in [2.24, 2.45) is 0 Å². The molecule has 2 aliphatic heterocycles. The molecule has 1 atom stereocenters. The van der Waals surface area contributed by atoms with Gasteiger partial charge in [0.05, 0.1) is 5.02 Å². The Bertz CT molecular complexity index is 450. The highest BCUT2D eigenvalue weighted by Gasteiger charge is 2.29. The highest BCUT2D eigenvalue weighted by molar-refractivity contribution is 9.10. The molecule has 0 aliphatic carbocycles. The van der Waals surface area contributed by atoms with Crippen molar-refractivity contribution in [3.05, 3.63) is 21.8 Å². The van der Waals surface area contributed by atoms with Crippen LogP contribution in [0.3, 0.4) is 0 Å². The number of hydrogen-bond acceptors (Lipinski definition) is 4. The summed E-state index contributed by atoms with van der Waals surface area (Å²) in [4.78, 5) is 9.35. The van der Waals surface area contributed by atoms with E-state index in [4.69, 9.17) is 11.6 Å². The van der Waals surface area contributed by atoms with Crippen LogP contribution in [0.5, 0.6) is 0 Å². The maximum Gasteiger partial charge on any atom is 0.147 e. The first-order chi connectivity index (χ1) is 9.24. The van der Waals surface area contributed by atoms with Crippen molar-refractivity contribution in [2.75, 3.05) is 44.2 Å². The van der Waals surface area contributed by atoms with E-state index in [1.165, 1.54) is 6.42 Å². The van der Waals surface area contributed by atoms with Gasteiger partial charge in [-0.1, -0.05) is 11.6 Å². The zero-order chi connectivity index (χ0) is 13.2. The van der Waals surface area contributed by atoms with E-state index in [-0.39, 0.29) is 0 Å². The molecule has 3 rings (SSSR count). The maximum absolute atomic E-state index is 6.29. The van der Waals surface area contributed by atoms with Gasteiger partial charge in [-0.2, -0.15) is 0 Å². The molecule has 0 radical (unpaired) electrons. The number of rotatable bonds is 2. The number of pyridine rings is 1. The molecule has 1 aromatic rings. The summed E-state index contributed by atoms with van der Waals surface area (Å²) in [7, 11) is 0. The van der Waals surface area contributed by atoms with E-state index >= 15 is 0 Å². The van der Waals surface area contributed by atoms with Crippen molar-refractivity contribution in [3.63, 3.8) is 0 Å². The van der Waals surface area contributed by atoms with E-state index in [9.17, 15) is 0 Å². The van der Waals surface area contributed by atoms with Crippen LogP contribution in [0, 0.1) is 0 Å². The summed E-state index contributed by atoms with van der Waals surface area (Å²) in [5.74, 6) is 0.919. The van der Waals surface area contributed by atoms with Crippen molar-refractivity contribution >= 4 is 33.3 Å².